The fourth-order valence-corrected chi connectivity index (χ4v) is 4.12. The number of amides is 1. The van der Waals surface area contributed by atoms with Gasteiger partial charge in [0.1, 0.15) is 0 Å². The fourth-order valence-electron chi connectivity index (χ4n) is 4.12. The van der Waals surface area contributed by atoms with Crippen LogP contribution in [0.1, 0.15) is 19.0 Å². The van der Waals surface area contributed by atoms with Crippen LogP contribution in [-0.2, 0) is 16.1 Å². The molecule has 1 aliphatic heterocycles. The zero-order valence-electron chi connectivity index (χ0n) is 21.5. The average Bonchev–Trinajstić information content (AvgIpc) is 3.57. The van der Waals surface area contributed by atoms with Crippen LogP contribution in [0, 0.1) is 18.6 Å². The quantitative estimate of drug-likeness (QED) is 0.254. The van der Waals surface area contributed by atoms with Crippen molar-refractivity contribution in [1.82, 2.24) is 29.0 Å². The number of anilines is 2. The highest BCUT2D eigenvalue weighted by atomic mass is 19.2. The molecule has 38 heavy (non-hydrogen) atoms. The number of halogens is 2. The Balaban J connectivity index is 0.000000257. The number of fused-ring (bicyclic) bond motifs is 1. The second-order valence-electron chi connectivity index (χ2n) is 8.75. The van der Waals surface area contributed by atoms with Gasteiger partial charge in [0, 0.05) is 44.1 Å². The van der Waals surface area contributed by atoms with E-state index < -0.39 is 11.6 Å². The highest BCUT2D eigenvalue weighted by molar-refractivity contribution is 5.71. The molecule has 0 spiro atoms. The van der Waals surface area contributed by atoms with Crippen LogP contribution < -0.4 is 10.6 Å². The van der Waals surface area contributed by atoms with Crippen molar-refractivity contribution in [2.75, 3.05) is 50.0 Å². The van der Waals surface area contributed by atoms with Crippen molar-refractivity contribution >= 4 is 23.6 Å². The van der Waals surface area contributed by atoms with Crippen molar-refractivity contribution in [1.29, 1.82) is 0 Å². The maximum atomic E-state index is 12.6. The van der Waals surface area contributed by atoms with E-state index in [4.69, 9.17) is 4.74 Å². The molecule has 2 N–H and O–H groups in total. The first-order chi connectivity index (χ1) is 18.5. The SMILES string of the molecule is CCn1cc(-c2cnc3c(NCCCN4CCOCC4)nc(C)cn23)cn1.O=CNc1cccc(F)c1F. The first-order valence-corrected chi connectivity index (χ1v) is 12.6. The summed E-state index contributed by atoms with van der Waals surface area (Å²) >= 11 is 0. The molecular weight excluding hydrogens is 494 g/mol. The third kappa shape index (κ3) is 6.69. The molecule has 12 heteroatoms. The first kappa shape index (κ1) is 27.1. The topological polar surface area (TPSA) is 102 Å². The minimum Gasteiger partial charge on any atom is -0.379 e. The Morgan fingerprint density at radius 3 is 2.71 bits per heavy atom. The zero-order chi connectivity index (χ0) is 26.9. The van der Waals surface area contributed by atoms with Crippen LogP contribution in [0.25, 0.3) is 16.9 Å². The predicted molar refractivity (Wildman–Crippen MR) is 141 cm³/mol. The molecule has 1 saturated heterocycles. The third-order valence-corrected chi connectivity index (χ3v) is 6.08. The molecule has 3 aromatic heterocycles. The Bertz CT molecular complexity index is 1350. The summed E-state index contributed by atoms with van der Waals surface area (Å²) in [5.41, 5.74) is 3.76. The van der Waals surface area contributed by atoms with Crippen molar-refractivity contribution in [2.45, 2.75) is 26.8 Å². The van der Waals surface area contributed by atoms with Gasteiger partial charge in [0.15, 0.2) is 23.1 Å². The molecule has 0 bridgehead atoms. The van der Waals surface area contributed by atoms with Gasteiger partial charge in [-0.3, -0.25) is 18.8 Å². The number of aryl methyl sites for hydroxylation is 2. The van der Waals surface area contributed by atoms with Gasteiger partial charge in [-0.15, -0.1) is 0 Å². The van der Waals surface area contributed by atoms with Crippen LogP contribution >= 0.6 is 0 Å². The Morgan fingerprint density at radius 1 is 1.16 bits per heavy atom. The van der Waals surface area contributed by atoms with E-state index in [1.807, 2.05) is 35.5 Å². The number of imidazole rings is 1. The molecule has 1 aliphatic rings. The number of nitrogens with one attached hydrogen (secondary N) is 2. The van der Waals surface area contributed by atoms with Gasteiger partial charge in [-0.2, -0.15) is 5.10 Å². The average molecular weight is 527 g/mol. The summed E-state index contributed by atoms with van der Waals surface area (Å²) in [4.78, 5) is 21.6. The van der Waals surface area contributed by atoms with Gasteiger partial charge in [0.2, 0.25) is 6.41 Å². The van der Waals surface area contributed by atoms with Crippen molar-refractivity contribution in [3.63, 3.8) is 0 Å². The normalized spacial score (nSPS) is 13.7. The van der Waals surface area contributed by atoms with E-state index in [9.17, 15) is 13.6 Å². The summed E-state index contributed by atoms with van der Waals surface area (Å²) in [7, 11) is 0. The van der Waals surface area contributed by atoms with E-state index >= 15 is 0 Å². The molecule has 0 unspecified atom stereocenters. The number of nitrogens with zero attached hydrogens (tertiary/aromatic N) is 6. The number of ether oxygens (including phenoxy) is 1. The lowest BCUT2D eigenvalue weighted by Crippen LogP contribution is -2.37. The number of benzene rings is 1. The van der Waals surface area contributed by atoms with E-state index in [1.165, 1.54) is 12.1 Å². The molecule has 4 aromatic rings. The summed E-state index contributed by atoms with van der Waals surface area (Å²) in [6, 6.07) is 3.56. The lowest BCUT2D eigenvalue weighted by molar-refractivity contribution is -0.105. The molecule has 0 atom stereocenters. The Morgan fingerprint density at radius 2 is 1.97 bits per heavy atom. The maximum absolute atomic E-state index is 12.6. The summed E-state index contributed by atoms with van der Waals surface area (Å²) in [5, 5.41) is 9.88. The highest BCUT2D eigenvalue weighted by Gasteiger charge is 2.14. The van der Waals surface area contributed by atoms with Crippen LogP contribution in [-0.4, -0.2) is 74.9 Å². The molecule has 202 valence electrons. The second kappa shape index (κ2) is 13.1. The Hall–Kier alpha value is -3.90. The highest BCUT2D eigenvalue weighted by Crippen LogP contribution is 2.24. The van der Waals surface area contributed by atoms with Gasteiger partial charge < -0.3 is 15.4 Å². The number of hydrogen-bond acceptors (Lipinski definition) is 7. The van der Waals surface area contributed by atoms with Crippen LogP contribution in [0.4, 0.5) is 20.3 Å². The van der Waals surface area contributed by atoms with Crippen molar-refractivity contribution in [3.8, 4) is 11.3 Å². The smallest absolute Gasteiger partial charge is 0.211 e. The molecule has 1 fully saturated rings. The summed E-state index contributed by atoms with van der Waals surface area (Å²) in [5.74, 6) is -1.18. The van der Waals surface area contributed by atoms with Gasteiger partial charge in [-0.25, -0.2) is 18.7 Å². The number of morpholine rings is 1. The third-order valence-electron chi connectivity index (χ3n) is 6.08. The maximum Gasteiger partial charge on any atom is 0.211 e. The number of aromatic nitrogens is 5. The largest absolute Gasteiger partial charge is 0.379 e. The van der Waals surface area contributed by atoms with E-state index in [-0.39, 0.29) is 12.1 Å². The first-order valence-electron chi connectivity index (χ1n) is 12.6. The van der Waals surface area contributed by atoms with E-state index in [2.05, 4.69) is 42.8 Å². The Labute approximate surface area is 219 Å². The standard InChI is InChI=1S/C19H27N7O.C7H5F2NO/c1-3-25-14-16(11-22-25)17-12-21-19-18(23-15(2)13-26(17)19)20-5-4-6-24-7-9-27-10-8-24;8-5-2-1-3-6(7(5)9)10-4-11/h11-14H,3-10H2,1-2H3,(H,20,23);1-4H,(H,10,11). The molecule has 10 nitrogen and oxygen atoms in total. The molecule has 4 heterocycles. The minimum absolute atomic E-state index is 0.153. The van der Waals surface area contributed by atoms with Crippen LogP contribution in [0.15, 0.2) is 43.0 Å². The van der Waals surface area contributed by atoms with Gasteiger partial charge in [-0.05, 0) is 38.9 Å². The molecular formula is C26H32F2N8O2. The van der Waals surface area contributed by atoms with Crippen molar-refractivity contribution < 1.29 is 18.3 Å². The molecule has 5 rings (SSSR count). The molecule has 1 amide bonds. The summed E-state index contributed by atoms with van der Waals surface area (Å²) in [6.45, 7) is 10.7. The van der Waals surface area contributed by atoms with E-state index in [0.29, 0.717) is 0 Å². The van der Waals surface area contributed by atoms with Crippen molar-refractivity contribution in [3.05, 3.63) is 60.3 Å². The zero-order valence-corrected chi connectivity index (χ0v) is 21.5. The van der Waals surface area contributed by atoms with Gasteiger partial charge in [0.25, 0.3) is 0 Å². The van der Waals surface area contributed by atoms with Crippen LogP contribution in [0.2, 0.25) is 0 Å². The van der Waals surface area contributed by atoms with Gasteiger partial charge in [-0.1, -0.05) is 6.07 Å². The lowest BCUT2D eigenvalue weighted by Gasteiger charge is -2.26. The molecule has 1 aromatic carbocycles. The number of carbonyl (C=O) groups is 1. The predicted octanol–water partition coefficient (Wildman–Crippen LogP) is 3.59. The van der Waals surface area contributed by atoms with E-state index in [0.717, 1.165) is 86.8 Å². The molecule has 0 radical (unpaired) electrons. The fraction of sp³-hybridized carbons (Fsp3) is 0.385. The van der Waals surface area contributed by atoms with Crippen molar-refractivity contribution in [2.24, 2.45) is 0 Å². The number of hydrogen-bond donors (Lipinski definition) is 2. The Kier molecular flexibility index (Phi) is 9.33. The molecule has 0 aliphatic carbocycles. The molecule has 0 saturated carbocycles. The van der Waals surface area contributed by atoms with Crippen LogP contribution in [0.3, 0.4) is 0 Å². The summed E-state index contributed by atoms with van der Waals surface area (Å²) in [6.07, 6.45) is 9.22. The van der Waals surface area contributed by atoms with Gasteiger partial charge in [0.05, 0.1) is 42.7 Å². The summed E-state index contributed by atoms with van der Waals surface area (Å²) < 4.78 is 34.4. The van der Waals surface area contributed by atoms with Gasteiger partial charge >= 0.3 is 0 Å². The minimum atomic E-state index is -1.04. The number of rotatable bonds is 9. The monoisotopic (exact) mass is 526 g/mol. The number of carbonyl (C=O) groups excluding carboxylic acids is 1. The van der Waals surface area contributed by atoms with Crippen LogP contribution in [0.5, 0.6) is 0 Å². The lowest BCUT2D eigenvalue weighted by atomic mass is 10.3. The van der Waals surface area contributed by atoms with E-state index in [1.54, 1.807) is 0 Å². The second-order valence-corrected chi connectivity index (χ2v) is 8.75.